The molecule has 5 aromatic carbocycles. The Kier molecular flexibility index (Phi) is 6.53. The maximum absolute atomic E-state index is 4.34. The third-order valence-electron chi connectivity index (χ3n) is 6.82. The molecule has 2 nitrogen and oxygen atoms in total. The molecule has 0 unspecified atom stereocenters. The summed E-state index contributed by atoms with van der Waals surface area (Å²) in [5.41, 5.74) is 11.6. The normalized spacial score (nSPS) is 10.8. The average molecular weight is 489 g/mol. The fourth-order valence-electron chi connectivity index (χ4n) is 4.84. The molecule has 182 valence electrons. The molecule has 6 rings (SSSR count). The predicted molar refractivity (Wildman–Crippen MR) is 160 cm³/mol. The number of rotatable bonds is 6. The zero-order valence-corrected chi connectivity index (χ0v) is 21.3. The maximum Gasteiger partial charge on any atom is 0.0462 e. The van der Waals surface area contributed by atoms with Crippen LogP contribution in [0.4, 0.5) is 17.1 Å². The van der Waals surface area contributed by atoms with Crippen LogP contribution in [0.1, 0.15) is 5.69 Å². The second kappa shape index (κ2) is 10.6. The molecule has 0 aliphatic carbocycles. The zero-order valence-electron chi connectivity index (χ0n) is 21.3. The van der Waals surface area contributed by atoms with Crippen molar-refractivity contribution in [2.45, 2.75) is 6.92 Å². The summed E-state index contributed by atoms with van der Waals surface area (Å²) in [6.45, 7) is 2.03. The van der Waals surface area contributed by atoms with E-state index in [0.717, 1.165) is 22.8 Å². The number of aryl methyl sites for hydroxylation is 1. The first-order valence-corrected chi connectivity index (χ1v) is 12.9. The summed E-state index contributed by atoms with van der Waals surface area (Å²) in [6, 6.07) is 51.6. The van der Waals surface area contributed by atoms with Gasteiger partial charge in [0.15, 0.2) is 0 Å². The van der Waals surface area contributed by atoms with Crippen molar-refractivity contribution in [2.24, 2.45) is 0 Å². The summed E-state index contributed by atoms with van der Waals surface area (Å²) in [5, 5.41) is 0. The van der Waals surface area contributed by atoms with Gasteiger partial charge in [-0.25, -0.2) is 0 Å². The Hall–Kier alpha value is -4.95. The smallest absolute Gasteiger partial charge is 0.0462 e. The molecule has 0 bridgehead atoms. The molecule has 2 heteroatoms. The van der Waals surface area contributed by atoms with Crippen LogP contribution >= 0.6 is 0 Å². The molecule has 0 amide bonds. The molecule has 0 atom stereocenters. The van der Waals surface area contributed by atoms with Gasteiger partial charge in [-0.3, -0.25) is 4.98 Å². The molecule has 6 aromatic rings. The van der Waals surface area contributed by atoms with Crippen molar-refractivity contribution in [3.05, 3.63) is 157 Å². The Bertz CT molecular complexity index is 1540. The highest BCUT2D eigenvalue weighted by Gasteiger charge is 2.14. The summed E-state index contributed by atoms with van der Waals surface area (Å²) in [5.74, 6) is 0. The van der Waals surface area contributed by atoms with Crippen molar-refractivity contribution in [1.82, 2.24) is 4.98 Å². The summed E-state index contributed by atoms with van der Waals surface area (Å²) in [6.07, 6.45) is 1.87. The van der Waals surface area contributed by atoms with E-state index in [0.29, 0.717) is 0 Å². The van der Waals surface area contributed by atoms with E-state index < -0.39 is 0 Å². The Labute approximate surface area is 224 Å². The lowest BCUT2D eigenvalue weighted by atomic mass is 10.0. The summed E-state index contributed by atoms with van der Waals surface area (Å²) >= 11 is 0. The number of aromatic nitrogens is 1. The monoisotopic (exact) mass is 488 g/mol. The Morgan fingerprint density at radius 3 is 1.16 bits per heavy atom. The van der Waals surface area contributed by atoms with Gasteiger partial charge in [-0.05, 0) is 88.8 Å². The van der Waals surface area contributed by atoms with Gasteiger partial charge in [-0.1, -0.05) is 97.1 Å². The lowest BCUT2D eigenvalue weighted by Crippen LogP contribution is -2.09. The van der Waals surface area contributed by atoms with Crippen LogP contribution < -0.4 is 4.90 Å². The van der Waals surface area contributed by atoms with Crippen LogP contribution in [0.3, 0.4) is 0 Å². The maximum atomic E-state index is 4.34. The molecule has 1 aromatic heterocycles. The number of anilines is 3. The third kappa shape index (κ3) is 4.98. The van der Waals surface area contributed by atoms with E-state index in [2.05, 4.69) is 155 Å². The van der Waals surface area contributed by atoms with Gasteiger partial charge in [-0.15, -0.1) is 0 Å². The van der Waals surface area contributed by atoms with Crippen molar-refractivity contribution in [3.8, 4) is 33.4 Å². The SMILES string of the molecule is Cc1cc(-c2ccc(N(c3ccc(-c4ccccc4)cc3)c3ccc(-c4ccccc4)cc3)cc2)ccn1. The minimum atomic E-state index is 1.02. The Morgan fingerprint density at radius 2 is 0.763 bits per heavy atom. The Morgan fingerprint density at radius 1 is 0.395 bits per heavy atom. The summed E-state index contributed by atoms with van der Waals surface area (Å²) in [4.78, 5) is 6.65. The highest BCUT2D eigenvalue weighted by molar-refractivity contribution is 5.81. The number of hydrogen-bond donors (Lipinski definition) is 0. The first kappa shape index (κ1) is 23.4. The predicted octanol–water partition coefficient (Wildman–Crippen LogP) is 9.86. The molecule has 0 saturated heterocycles. The summed E-state index contributed by atoms with van der Waals surface area (Å²) in [7, 11) is 0. The van der Waals surface area contributed by atoms with Gasteiger partial charge >= 0.3 is 0 Å². The number of pyridine rings is 1. The van der Waals surface area contributed by atoms with E-state index in [-0.39, 0.29) is 0 Å². The molecule has 0 aliphatic heterocycles. The van der Waals surface area contributed by atoms with Gasteiger partial charge in [0.05, 0.1) is 0 Å². The van der Waals surface area contributed by atoms with Crippen LogP contribution in [-0.4, -0.2) is 4.98 Å². The highest BCUT2D eigenvalue weighted by Crippen LogP contribution is 2.37. The lowest BCUT2D eigenvalue weighted by Gasteiger charge is -2.26. The van der Waals surface area contributed by atoms with Crippen LogP contribution in [0.2, 0.25) is 0 Å². The molecular formula is C36H28N2. The first-order valence-electron chi connectivity index (χ1n) is 12.9. The minimum absolute atomic E-state index is 1.02. The third-order valence-corrected chi connectivity index (χ3v) is 6.82. The van der Waals surface area contributed by atoms with Gasteiger partial charge in [0.2, 0.25) is 0 Å². The van der Waals surface area contributed by atoms with Crippen molar-refractivity contribution >= 4 is 17.1 Å². The lowest BCUT2D eigenvalue weighted by molar-refractivity contribution is 1.20. The van der Waals surface area contributed by atoms with Crippen LogP contribution in [0.25, 0.3) is 33.4 Å². The van der Waals surface area contributed by atoms with Gasteiger partial charge in [0.1, 0.15) is 0 Å². The number of hydrogen-bond acceptors (Lipinski definition) is 2. The highest BCUT2D eigenvalue weighted by atomic mass is 15.1. The fraction of sp³-hybridized carbons (Fsp3) is 0.0278. The molecule has 0 spiro atoms. The van der Waals surface area contributed by atoms with Crippen molar-refractivity contribution in [3.63, 3.8) is 0 Å². The van der Waals surface area contributed by atoms with Gasteiger partial charge in [0.25, 0.3) is 0 Å². The minimum Gasteiger partial charge on any atom is -0.311 e. The molecule has 0 saturated carbocycles. The molecule has 38 heavy (non-hydrogen) atoms. The second-order valence-electron chi connectivity index (χ2n) is 9.39. The zero-order chi connectivity index (χ0) is 25.7. The van der Waals surface area contributed by atoms with E-state index in [1.165, 1.54) is 33.4 Å². The average Bonchev–Trinajstić information content (AvgIpc) is 2.99. The molecule has 0 radical (unpaired) electrons. The largest absolute Gasteiger partial charge is 0.311 e. The van der Waals surface area contributed by atoms with E-state index >= 15 is 0 Å². The first-order chi connectivity index (χ1) is 18.7. The number of nitrogens with zero attached hydrogens (tertiary/aromatic N) is 2. The van der Waals surface area contributed by atoms with Gasteiger partial charge in [-0.2, -0.15) is 0 Å². The van der Waals surface area contributed by atoms with E-state index in [4.69, 9.17) is 0 Å². The van der Waals surface area contributed by atoms with Crippen molar-refractivity contribution < 1.29 is 0 Å². The molecule has 0 N–H and O–H groups in total. The molecule has 0 fully saturated rings. The molecule has 1 heterocycles. The Balaban J connectivity index is 1.38. The molecule has 0 aliphatic rings. The van der Waals surface area contributed by atoms with Crippen molar-refractivity contribution in [1.29, 1.82) is 0 Å². The molecular weight excluding hydrogens is 460 g/mol. The standard InChI is InChI=1S/C36H28N2/c1-27-26-33(24-25-37-27)32-16-22-36(23-17-32)38(34-18-12-30(13-19-34)28-8-4-2-5-9-28)35-20-14-31(15-21-35)29-10-6-3-7-11-29/h2-26H,1H3. The van der Waals surface area contributed by atoms with Crippen LogP contribution in [0.5, 0.6) is 0 Å². The van der Waals surface area contributed by atoms with E-state index in [9.17, 15) is 0 Å². The summed E-state index contributed by atoms with van der Waals surface area (Å²) < 4.78 is 0. The van der Waals surface area contributed by atoms with Crippen LogP contribution in [0.15, 0.2) is 152 Å². The van der Waals surface area contributed by atoms with E-state index in [1.807, 2.05) is 13.1 Å². The van der Waals surface area contributed by atoms with Crippen molar-refractivity contribution in [2.75, 3.05) is 4.90 Å². The van der Waals surface area contributed by atoms with E-state index in [1.54, 1.807) is 0 Å². The van der Waals surface area contributed by atoms with Crippen LogP contribution in [0, 0.1) is 6.92 Å². The van der Waals surface area contributed by atoms with Gasteiger partial charge in [0, 0.05) is 29.0 Å². The number of benzene rings is 5. The quantitative estimate of drug-likeness (QED) is 0.232. The second-order valence-corrected chi connectivity index (χ2v) is 9.39. The van der Waals surface area contributed by atoms with Gasteiger partial charge < -0.3 is 4.90 Å². The van der Waals surface area contributed by atoms with Crippen LogP contribution in [-0.2, 0) is 0 Å². The fourth-order valence-corrected chi connectivity index (χ4v) is 4.84. The topological polar surface area (TPSA) is 16.1 Å².